The standard InChI is InChI=1S/C26H24ClN3O5S/c1-2-34-26(33)22-20-7-4-8-21(20)36-25(22)29-23(31)24(32)30-28-14-17-5-3-6-19(13-17)35-15-16-9-11-18(27)12-10-16/h3,5-6,9-14H,2,4,7-8,15H2,1H3,(H,29,31)(H,30,32)/b28-14+. The van der Waals surface area contributed by atoms with Gasteiger partial charge in [-0.15, -0.1) is 11.3 Å². The first kappa shape index (κ1) is 25.4. The molecule has 0 radical (unpaired) electrons. The van der Waals surface area contributed by atoms with Gasteiger partial charge in [0.15, 0.2) is 0 Å². The molecule has 1 aliphatic carbocycles. The normalized spacial score (nSPS) is 12.3. The number of amides is 2. The lowest BCUT2D eigenvalue weighted by atomic mass is 10.1. The van der Waals surface area contributed by atoms with Crippen LogP contribution >= 0.6 is 22.9 Å². The molecular formula is C26H24ClN3O5S. The number of anilines is 1. The van der Waals surface area contributed by atoms with Gasteiger partial charge in [0.1, 0.15) is 17.4 Å². The zero-order valence-corrected chi connectivity index (χ0v) is 21.1. The Hall–Kier alpha value is -3.69. The lowest BCUT2D eigenvalue weighted by molar-refractivity contribution is -0.136. The molecule has 0 saturated heterocycles. The average molecular weight is 526 g/mol. The van der Waals surface area contributed by atoms with Gasteiger partial charge in [-0.25, -0.2) is 10.2 Å². The van der Waals surface area contributed by atoms with E-state index in [1.807, 2.05) is 12.1 Å². The average Bonchev–Trinajstić information content (AvgIpc) is 3.45. The van der Waals surface area contributed by atoms with Gasteiger partial charge in [-0.3, -0.25) is 9.59 Å². The Balaban J connectivity index is 1.33. The Kier molecular flexibility index (Phi) is 8.35. The van der Waals surface area contributed by atoms with Crippen molar-refractivity contribution < 1.29 is 23.9 Å². The van der Waals surface area contributed by atoms with Gasteiger partial charge in [-0.05, 0) is 67.1 Å². The van der Waals surface area contributed by atoms with E-state index < -0.39 is 17.8 Å². The lowest BCUT2D eigenvalue weighted by Crippen LogP contribution is -2.32. The molecule has 1 aromatic heterocycles. The Labute approximate surface area is 217 Å². The van der Waals surface area contributed by atoms with Crippen LogP contribution in [0.2, 0.25) is 5.02 Å². The molecule has 0 unspecified atom stereocenters. The van der Waals surface area contributed by atoms with Crippen molar-refractivity contribution in [2.24, 2.45) is 5.10 Å². The highest BCUT2D eigenvalue weighted by molar-refractivity contribution is 7.17. The third-order valence-corrected chi connectivity index (χ3v) is 6.85. The van der Waals surface area contributed by atoms with Crippen LogP contribution in [0.25, 0.3) is 0 Å². The van der Waals surface area contributed by atoms with Crippen LogP contribution in [0.5, 0.6) is 5.75 Å². The number of nitrogens with one attached hydrogen (secondary N) is 2. The Morgan fingerprint density at radius 3 is 2.69 bits per heavy atom. The molecule has 3 aromatic rings. The van der Waals surface area contributed by atoms with Gasteiger partial charge in [-0.1, -0.05) is 35.9 Å². The van der Waals surface area contributed by atoms with E-state index in [9.17, 15) is 14.4 Å². The number of halogens is 1. The number of hydrogen-bond donors (Lipinski definition) is 2. The minimum atomic E-state index is -0.954. The molecule has 2 amide bonds. The van der Waals surface area contributed by atoms with Crippen LogP contribution in [0.1, 0.15) is 45.3 Å². The summed E-state index contributed by atoms with van der Waals surface area (Å²) >= 11 is 7.20. The summed E-state index contributed by atoms with van der Waals surface area (Å²) < 4.78 is 10.9. The minimum absolute atomic E-state index is 0.222. The fourth-order valence-corrected chi connectivity index (χ4v) is 5.12. The maximum Gasteiger partial charge on any atom is 0.341 e. The van der Waals surface area contributed by atoms with Crippen molar-refractivity contribution in [3.63, 3.8) is 0 Å². The van der Waals surface area contributed by atoms with Gasteiger partial charge in [0, 0.05) is 9.90 Å². The predicted octanol–water partition coefficient (Wildman–Crippen LogP) is 4.73. The van der Waals surface area contributed by atoms with E-state index in [-0.39, 0.29) is 6.61 Å². The maximum absolute atomic E-state index is 12.4. The van der Waals surface area contributed by atoms with Crippen LogP contribution in [0.15, 0.2) is 53.6 Å². The van der Waals surface area contributed by atoms with Crippen LogP contribution in [0, 0.1) is 0 Å². The van der Waals surface area contributed by atoms with E-state index in [2.05, 4.69) is 15.8 Å². The molecule has 0 fully saturated rings. The third-order valence-electron chi connectivity index (χ3n) is 5.39. The molecule has 0 atom stereocenters. The SMILES string of the molecule is CCOC(=O)c1c(NC(=O)C(=O)N/N=C/c2cccc(OCc3ccc(Cl)cc3)c2)sc2c1CCC2. The van der Waals surface area contributed by atoms with E-state index in [0.717, 1.165) is 35.3 Å². The third kappa shape index (κ3) is 6.30. The molecule has 1 heterocycles. The molecule has 4 rings (SSSR count). The van der Waals surface area contributed by atoms with Crippen LogP contribution in [0.4, 0.5) is 5.00 Å². The first-order valence-corrected chi connectivity index (χ1v) is 12.6. The van der Waals surface area contributed by atoms with Crippen molar-refractivity contribution in [2.75, 3.05) is 11.9 Å². The number of thiophene rings is 1. The van der Waals surface area contributed by atoms with E-state index in [1.54, 1.807) is 43.3 Å². The van der Waals surface area contributed by atoms with Crippen LogP contribution < -0.4 is 15.5 Å². The number of benzene rings is 2. The number of ether oxygens (including phenoxy) is 2. The number of fused-ring (bicyclic) bond motifs is 1. The van der Waals surface area contributed by atoms with Crippen molar-refractivity contribution in [1.29, 1.82) is 0 Å². The molecule has 1 aliphatic rings. The number of nitrogens with zero attached hydrogens (tertiary/aromatic N) is 1. The van der Waals surface area contributed by atoms with E-state index >= 15 is 0 Å². The minimum Gasteiger partial charge on any atom is -0.489 e. The zero-order valence-electron chi connectivity index (χ0n) is 19.5. The van der Waals surface area contributed by atoms with Gasteiger partial charge in [0.05, 0.1) is 18.4 Å². The number of carbonyl (C=O) groups excluding carboxylic acids is 3. The maximum atomic E-state index is 12.4. The van der Waals surface area contributed by atoms with Gasteiger partial charge in [0.25, 0.3) is 0 Å². The number of carbonyl (C=O) groups is 3. The summed E-state index contributed by atoms with van der Waals surface area (Å²) in [5, 5.41) is 7.39. The van der Waals surface area contributed by atoms with E-state index in [1.165, 1.54) is 17.6 Å². The summed E-state index contributed by atoms with van der Waals surface area (Å²) in [5.74, 6) is -1.75. The number of rotatable bonds is 8. The quantitative estimate of drug-likeness (QED) is 0.191. The summed E-state index contributed by atoms with van der Waals surface area (Å²) in [6, 6.07) is 14.5. The topological polar surface area (TPSA) is 106 Å². The summed E-state index contributed by atoms with van der Waals surface area (Å²) in [6.07, 6.45) is 3.94. The van der Waals surface area contributed by atoms with Gasteiger partial charge < -0.3 is 14.8 Å². The molecule has 8 nitrogen and oxygen atoms in total. The smallest absolute Gasteiger partial charge is 0.341 e. The number of hydrazone groups is 1. The molecule has 10 heteroatoms. The second-order valence-corrected chi connectivity index (χ2v) is 9.46. The summed E-state index contributed by atoms with van der Waals surface area (Å²) in [6.45, 7) is 2.31. The molecule has 36 heavy (non-hydrogen) atoms. The summed E-state index contributed by atoms with van der Waals surface area (Å²) in [4.78, 5) is 38.2. The fourth-order valence-electron chi connectivity index (χ4n) is 3.72. The summed E-state index contributed by atoms with van der Waals surface area (Å²) in [5.41, 5.74) is 5.09. The lowest BCUT2D eigenvalue weighted by Gasteiger charge is -2.07. The largest absolute Gasteiger partial charge is 0.489 e. The molecule has 0 aliphatic heterocycles. The Morgan fingerprint density at radius 1 is 1.11 bits per heavy atom. The molecule has 0 spiro atoms. The van der Waals surface area contributed by atoms with Gasteiger partial charge in [0.2, 0.25) is 0 Å². The van der Waals surface area contributed by atoms with Gasteiger partial charge in [-0.2, -0.15) is 5.10 Å². The Bertz CT molecular complexity index is 1300. The zero-order chi connectivity index (χ0) is 25.5. The van der Waals surface area contributed by atoms with Gasteiger partial charge >= 0.3 is 17.8 Å². The highest BCUT2D eigenvalue weighted by Gasteiger charge is 2.29. The number of hydrogen-bond acceptors (Lipinski definition) is 7. The molecule has 2 N–H and O–H groups in total. The van der Waals surface area contributed by atoms with Crippen LogP contribution in [-0.2, 0) is 33.8 Å². The highest BCUT2D eigenvalue weighted by atomic mass is 35.5. The van der Waals surface area contributed by atoms with Crippen molar-refractivity contribution >= 4 is 51.9 Å². The van der Waals surface area contributed by atoms with Crippen molar-refractivity contribution in [3.05, 3.63) is 80.7 Å². The Morgan fingerprint density at radius 2 is 1.92 bits per heavy atom. The second kappa shape index (κ2) is 11.8. The van der Waals surface area contributed by atoms with Crippen molar-refractivity contribution in [3.8, 4) is 5.75 Å². The van der Waals surface area contributed by atoms with E-state index in [4.69, 9.17) is 21.1 Å². The molecule has 186 valence electrons. The molecule has 2 aromatic carbocycles. The second-order valence-electron chi connectivity index (χ2n) is 7.92. The number of aryl methyl sites for hydroxylation is 1. The van der Waals surface area contributed by atoms with Crippen molar-refractivity contribution in [1.82, 2.24) is 5.43 Å². The molecule has 0 bridgehead atoms. The summed E-state index contributed by atoms with van der Waals surface area (Å²) in [7, 11) is 0. The fraction of sp³-hybridized carbons (Fsp3) is 0.231. The highest BCUT2D eigenvalue weighted by Crippen LogP contribution is 2.39. The van der Waals surface area contributed by atoms with Crippen molar-refractivity contribution in [2.45, 2.75) is 32.8 Å². The molecule has 0 saturated carbocycles. The molecular weight excluding hydrogens is 502 g/mol. The first-order chi connectivity index (χ1) is 17.4. The van der Waals surface area contributed by atoms with E-state index in [0.29, 0.717) is 33.5 Å². The predicted molar refractivity (Wildman–Crippen MR) is 139 cm³/mol. The monoisotopic (exact) mass is 525 g/mol. The van der Waals surface area contributed by atoms with Crippen LogP contribution in [-0.4, -0.2) is 30.6 Å². The van der Waals surface area contributed by atoms with Crippen LogP contribution in [0.3, 0.4) is 0 Å². The first-order valence-electron chi connectivity index (χ1n) is 11.4. The number of esters is 1.